The van der Waals surface area contributed by atoms with Crippen molar-refractivity contribution in [1.29, 1.82) is 0 Å². The standard InChI is InChI=1S/C16H19O3P/c1-4-20(17,18-15-11-7-5-9-13(15)2)19-16-12-8-6-10-14(16)3/h5-12H,4H2,1-3H3. The fourth-order valence-corrected chi connectivity index (χ4v) is 3.07. The highest BCUT2D eigenvalue weighted by Gasteiger charge is 2.26. The molecule has 2 aromatic rings. The molecular formula is C16H19O3P. The Kier molecular flexibility index (Phi) is 4.51. The SMILES string of the molecule is CCP(=O)(Oc1ccccc1C)Oc1ccccc1C. The molecule has 2 rings (SSSR count). The van der Waals surface area contributed by atoms with Crippen LogP contribution in [0.5, 0.6) is 11.5 Å². The van der Waals surface area contributed by atoms with Gasteiger partial charge in [0.05, 0.1) is 6.16 Å². The van der Waals surface area contributed by atoms with Crippen LogP contribution in [0.4, 0.5) is 0 Å². The third-order valence-corrected chi connectivity index (χ3v) is 4.77. The van der Waals surface area contributed by atoms with Crippen molar-refractivity contribution in [3.05, 3.63) is 59.7 Å². The molecule has 0 unspecified atom stereocenters. The molecule has 3 nitrogen and oxygen atoms in total. The van der Waals surface area contributed by atoms with Gasteiger partial charge in [-0.15, -0.1) is 0 Å². The van der Waals surface area contributed by atoms with Gasteiger partial charge in [0.25, 0.3) is 0 Å². The van der Waals surface area contributed by atoms with Crippen molar-refractivity contribution in [2.75, 3.05) is 6.16 Å². The number of hydrogen-bond acceptors (Lipinski definition) is 3. The van der Waals surface area contributed by atoms with Gasteiger partial charge in [0.1, 0.15) is 11.5 Å². The summed E-state index contributed by atoms with van der Waals surface area (Å²) in [5, 5.41) is 0. The number of rotatable bonds is 5. The minimum Gasteiger partial charge on any atom is -0.416 e. The third kappa shape index (κ3) is 3.43. The lowest BCUT2D eigenvalue weighted by Crippen LogP contribution is -2.04. The normalized spacial score (nSPS) is 11.2. The Morgan fingerprint density at radius 2 is 1.25 bits per heavy atom. The van der Waals surface area contributed by atoms with Gasteiger partial charge in [0.2, 0.25) is 0 Å². The Morgan fingerprint density at radius 1 is 0.850 bits per heavy atom. The molecule has 0 aliphatic heterocycles. The van der Waals surface area contributed by atoms with Gasteiger partial charge in [-0.1, -0.05) is 43.3 Å². The van der Waals surface area contributed by atoms with Crippen molar-refractivity contribution in [3.63, 3.8) is 0 Å². The van der Waals surface area contributed by atoms with Crippen molar-refractivity contribution < 1.29 is 13.6 Å². The minimum absolute atomic E-state index is 0.315. The summed E-state index contributed by atoms with van der Waals surface area (Å²) in [7, 11) is -3.20. The van der Waals surface area contributed by atoms with Crippen molar-refractivity contribution in [2.45, 2.75) is 20.8 Å². The summed E-state index contributed by atoms with van der Waals surface area (Å²) >= 11 is 0. The lowest BCUT2D eigenvalue weighted by atomic mass is 10.2. The molecule has 0 saturated carbocycles. The van der Waals surface area contributed by atoms with Crippen LogP contribution in [-0.2, 0) is 4.57 Å². The van der Waals surface area contributed by atoms with Crippen LogP contribution in [0.2, 0.25) is 0 Å². The molecule has 0 fully saturated rings. The summed E-state index contributed by atoms with van der Waals surface area (Å²) in [4.78, 5) is 0. The molecule has 0 bridgehead atoms. The Hall–Kier alpha value is -1.73. The second-order valence-corrected chi connectivity index (χ2v) is 6.86. The number of hydrogen-bond donors (Lipinski definition) is 0. The average Bonchev–Trinajstić information content (AvgIpc) is 2.44. The summed E-state index contributed by atoms with van der Waals surface area (Å²) < 4.78 is 24.1. The van der Waals surface area contributed by atoms with E-state index >= 15 is 0 Å². The van der Waals surface area contributed by atoms with Gasteiger partial charge >= 0.3 is 7.60 Å². The quantitative estimate of drug-likeness (QED) is 0.729. The van der Waals surface area contributed by atoms with Crippen molar-refractivity contribution in [2.24, 2.45) is 0 Å². The molecule has 0 atom stereocenters. The molecule has 0 radical (unpaired) electrons. The molecule has 0 amide bonds. The summed E-state index contributed by atoms with van der Waals surface area (Å²) in [6.45, 7) is 5.64. The Morgan fingerprint density at radius 3 is 1.60 bits per heavy atom. The van der Waals surface area contributed by atoms with Crippen molar-refractivity contribution in [3.8, 4) is 11.5 Å². The van der Waals surface area contributed by atoms with Crippen LogP contribution >= 0.6 is 7.60 Å². The first-order valence-electron chi connectivity index (χ1n) is 6.63. The van der Waals surface area contributed by atoms with E-state index in [1.807, 2.05) is 50.2 Å². The second kappa shape index (κ2) is 6.15. The van der Waals surface area contributed by atoms with Crippen LogP contribution in [0.15, 0.2) is 48.5 Å². The summed E-state index contributed by atoms with van der Waals surface area (Å²) in [5.74, 6) is 1.21. The van der Waals surface area contributed by atoms with Crippen LogP contribution < -0.4 is 9.05 Å². The summed E-state index contributed by atoms with van der Waals surface area (Å²) in [6.07, 6.45) is 0.315. The fourth-order valence-electron chi connectivity index (χ4n) is 1.77. The number of aryl methyl sites for hydroxylation is 2. The third-order valence-electron chi connectivity index (χ3n) is 3.05. The van der Waals surface area contributed by atoms with E-state index in [0.29, 0.717) is 17.7 Å². The van der Waals surface area contributed by atoms with Crippen molar-refractivity contribution in [1.82, 2.24) is 0 Å². The van der Waals surface area contributed by atoms with Gasteiger partial charge in [-0.3, -0.25) is 0 Å². The number of para-hydroxylation sites is 2. The molecular weight excluding hydrogens is 271 g/mol. The molecule has 0 aliphatic rings. The molecule has 0 aliphatic carbocycles. The van der Waals surface area contributed by atoms with Gasteiger partial charge in [-0.05, 0) is 37.1 Å². The van der Waals surface area contributed by atoms with Gasteiger partial charge in [0, 0.05) is 0 Å². The molecule has 0 spiro atoms. The molecule has 20 heavy (non-hydrogen) atoms. The first-order chi connectivity index (χ1) is 9.54. The first-order valence-corrected chi connectivity index (χ1v) is 8.36. The van der Waals surface area contributed by atoms with Crippen LogP contribution in [0.3, 0.4) is 0 Å². The predicted octanol–water partition coefficient (Wildman–Crippen LogP) is 4.97. The van der Waals surface area contributed by atoms with Crippen molar-refractivity contribution >= 4 is 7.60 Å². The van der Waals surface area contributed by atoms with Gasteiger partial charge in [0.15, 0.2) is 0 Å². The lowest BCUT2D eigenvalue weighted by molar-refractivity contribution is 0.385. The maximum Gasteiger partial charge on any atom is 0.430 e. The molecule has 0 aromatic heterocycles. The zero-order valence-corrected chi connectivity index (χ0v) is 12.9. The monoisotopic (exact) mass is 290 g/mol. The molecule has 4 heteroatoms. The van der Waals surface area contributed by atoms with E-state index in [2.05, 4.69) is 0 Å². The number of benzene rings is 2. The fraction of sp³-hybridized carbons (Fsp3) is 0.250. The van der Waals surface area contributed by atoms with E-state index in [0.717, 1.165) is 11.1 Å². The van der Waals surface area contributed by atoms with Crippen LogP contribution in [0.1, 0.15) is 18.1 Å². The highest BCUT2D eigenvalue weighted by molar-refractivity contribution is 7.54. The Balaban J connectivity index is 2.24. The van der Waals surface area contributed by atoms with Crippen LogP contribution in [0, 0.1) is 13.8 Å². The molecule has 0 saturated heterocycles. The molecule has 0 N–H and O–H groups in total. The zero-order valence-electron chi connectivity index (χ0n) is 12.0. The van der Waals surface area contributed by atoms with Gasteiger partial charge < -0.3 is 9.05 Å². The highest BCUT2D eigenvalue weighted by Crippen LogP contribution is 2.49. The highest BCUT2D eigenvalue weighted by atomic mass is 31.2. The van der Waals surface area contributed by atoms with Gasteiger partial charge in [-0.2, -0.15) is 0 Å². The van der Waals surface area contributed by atoms with E-state index < -0.39 is 7.60 Å². The predicted molar refractivity (Wildman–Crippen MR) is 81.8 cm³/mol. The maximum absolute atomic E-state index is 12.8. The smallest absolute Gasteiger partial charge is 0.416 e. The van der Waals surface area contributed by atoms with E-state index in [1.165, 1.54) is 0 Å². The molecule has 0 heterocycles. The van der Waals surface area contributed by atoms with E-state index in [9.17, 15) is 4.57 Å². The second-order valence-electron chi connectivity index (χ2n) is 4.64. The topological polar surface area (TPSA) is 35.5 Å². The van der Waals surface area contributed by atoms with Gasteiger partial charge in [-0.25, -0.2) is 4.57 Å². The minimum atomic E-state index is -3.20. The lowest BCUT2D eigenvalue weighted by Gasteiger charge is -2.20. The van der Waals surface area contributed by atoms with E-state index in [4.69, 9.17) is 9.05 Å². The Bertz CT molecular complexity index is 586. The Labute approximate surface area is 120 Å². The summed E-state index contributed by atoms with van der Waals surface area (Å²) in [6, 6.07) is 15.0. The average molecular weight is 290 g/mol. The summed E-state index contributed by atoms with van der Waals surface area (Å²) in [5.41, 5.74) is 1.88. The zero-order chi connectivity index (χ0) is 14.6. The van der Waals surface area contributed by atoms with Crippen LogP contribution in [0.25, 0.3) is 0 Å². The van der Waals surface area contributed by atoms with E-state index in [-0.39, 0.29) is 0 Å². The first kappa shape index (κ1) is 14.7. The van der Waals surface area contributed by atoms with Crippen LogP contribution in [-0.4, -0.2) is 6.16 Å². The molecule has 106 valence electrons. The maximum atomic E-state index is 12.8. The largest absolute Gasteiger partial charge is 0.430 e. The van der Waals surface area contributed by atoms with E-state index in [1.54, 1.807) is 19.1 Å². The molecule has 2 aromatic carbocycles.